The molecule has 1 rings (SSSR count). The zero-order chi connectivity index (χ0) is 15.0. The van der Waals surface area contributed by atoms with Crippen molar-refractivity contribution in [2.75, 3.05) is 18.0 Å². The summed E-state index contributed by atoms with van der Waals surface area (Å²) in [5, 5.41) is 0. The second-order valence-electron chi connectivity index (χ2n) is 5.09. The Morgan fingerprint density at radius 3 is 2.00 bits per heavy atom. The van der Waals surface area contributed by atoms with E-state index in [1.807, 2.05) is 0 Å². The molecular formula is C16H24F3N. The molecule has 0 heterocycles. The van der Waals surface area contributed by atoms with Crippen molar-refractivity contribution in [3.63, 3.8) is 0 Å². The average Bonchev–Trinajstić information content (AvgIpc) is 2.41. The molecule has 4 heteroatoms. The highest BCUT2D eigenvalue weighted by Crippen LogP contribution is 2.30. The number of nitrogens with zero attached hydrogens (tertiary/aromatic N) is 1. The van der Waals surface area contributed by atoms with Gasteiger partial charge in [-0.25, -0.2) is 0 Å². The molecule has 0 atom stereocenters. The summed E-state index contributed by atoms with van der Waals surface area (Å²) in [6.07, 6.45) is 1.41. The van der Waals surface area contributed by atoms with Gasteiger partial charge in [0.05, 0.1) is 5.56 Å². The van der Waals surface area contributed by atoms with E-state index in [-0.39, 0.29) is 0 Å². The number of unbranched alkanes of at least 4 members (excludes halogenated alkanes) is 3. The molecule has 1 nitrogen and oxygen atoms in total. The van der Waals surface area contributed by atoms with E-state index in [1.165, 1.54) is 31.4 Å². The van der Waals surface area contributed by atoms with Crippen molar-refractivity contribution in [1.82, 2.24) is 0 Å². The summed E-state index contributed by atoms with van der Waals surface area (Å²) >= 11 is 0. The van der Waals surface area contributed by atoms with Crippen LogP contribution in [0.15, 0.2) is 24.3 Å². The van der Waals surface area contributed by atoms with Crippen LogP contribution in [0.2, 0.25) is 0 Å². The van der Waals surface area contributed by atoms with Crippen LogP contribution >= 0.6 is 0 Å². The number of halogens is 3. The summed E-state index contributed by atoms with van der Waals surface area (Å²) in [7, 11) is 0. The topological polar surface area (TPSA) is 3.24 Å². The lowest BCUT2D eigenvalue weighted by molar-refractivity contribution is -0.137. The third-order valence-electron chi connectivity index (χ3n) is 3.33. The Kier molecular flexibility index (Phi) is 6.89. The van der Waals surface area contributed by atoms with Crippen LogP contribution < -0.4 is 4.90 Å². The van der Waals surface area contributed by atoms with E-state index in [1.54, 1.807) is 12.1 Å². The van der Waals surface area contributed by atoms with E-state index in [2.05, 4.69) is 18.7 Å². The molecule has 114 valence electrons. The molecule has 0 unspecified atom stereocenters. The molecule has 0 aliphatic heterocycles. The van der Waals surface area contributed by atoms with Crippen LogP contribution in [-0.2, 0) is 6.18 Å². The van der Waals surface area contributed by atoms with Gasteiger partial charge in [-0.1, -0.05) is 33.1 Å². The zero-order valence-electron chi connectivity index (χ0n) is 12.3. The third-order valence-corrected chi connectivity index (χ3v) is 3.33. The van der Waals surface area contributed by atoms with Gasteiger partial charge in [-0.15, -0.1) is 0 Å². The molecule has 1 aromatic carbocycles. The molecule has 20 heavy (non-hydrogen) atoms. The van der Waals surface area contributed by atoms with E-state index in [4.69, 9.17) is 0 Å². The molecule has 0 fully saturated rings. The Bertz CT molecular complexity index is 370. The lowest BCUT2D eigenvalue weighted by Gasteiger charge is -2.24. The monoisotopic (exact) mass is 287 g/mol. The first kappa shape index (κ1) is 16.9. The first-order chi connectivity index (χ1) is 9.49. The lowest BCUT2D eigenvalue weighted by atomic mass is 10.1. The Hall–Kier alpha value is -1.19. The minimum absolute atomic E-state index is 0.580. The minimum Gasteiger partial charge on any atom is -0.372 e. The van der Waals surface area contributed by atoms with Gasteiger partial charge in [-0.2, -0.15) is 13.2 Å². The Morgan fingerprint density at radius 2 is 1.50 bits per heavy atom. The second kappa shape index (κ2) is 8.18. The van der Waals surface area contributed by atoms with E-state index >= 15 is 0 Å². The number of anilines is 1. The van der Waals surface area contributed by atoms with E-state index in [9.17, 15) is 13.2 Å². The fourth-order valence-corrected chi connectivity index (χ4v) is 2.23. The average molecular weight is 287 g/mol. The molecule has 0 bridgehead atoms. The minimum atomic E-state index is -4.25. The van der Waals surface area contributed by atoms with Crippen LogP contribution in [0.1, 0.15) is 51.5 Å². The first-order valence-corrected chi connectivity index (χ1v) is 7.41. The third kappa shape index (κ3) is 5.43. The number of hydrogen-bond donors (Lipinski definition) is 0. The van der Waals surface area contributed by atoms with Gasteiger partial charge in [0, 0.05) is 18.8 Å². The van der Waals surface area contributed by atoms with Gasteiger partial charge in [-0.3, -0.25) is 0 Å². The van der Waals surface area contributed by atoms with Crippen LogP contribution in [0.4, 0.5) is 18.9 Å². The molecule has 0 aliphatic rings. The molecule has 0 radical (unpaired) electrons. The Labute approximate surface area is 119 Å². The Morgan fingerprint density at radius 1 is 0.850 bits per heavy atom. The van der Waals surface area contributed by atoms with Crippen molar-refractivity contribution < 1.29 is 13.2 Å². The molecule has 0 aromatic heterocycles. The van der Waals surface area contributed by atoms with Gasteiger partial charge in [0.25, 0.3) is 0 Å². The highest BCUT2D eigenvalue weighted by atomic mass is 19.4. The van der Waals surface area contributed by atoms with Gasteiger partial charge in [0.15, 0.2) is 0 Å². The normalized spacial score (nSPS) is 11.7. The standard InChI is InChI=1S/C16H24F3N/c1-3-5-6-7-13-20(12-4-2)15-10-8-14(9-11-15)16(17,18)19/h8-11H,3-7,12-13H2,1-2H3. The quantitative estimate of drug-likeness (QED) is 0.570. The van der Waals surface area contributed by atoms with Crippen LogP contribution in [0.25, 0.3) is 0 Å². The summed E-state index contributed by atoms with van der Waals surface area (Å²) in [5.41, 5.74) is 0.306. The molecule has 0 saturated heterocycles. The van der Waals surface area contributed by atoms with Crippen molar-refractivity contribution in [3.8, 4) is 0 Å². The Balaban J connectivity index is 2.66. The van der Waals surface area contributed by atoms with Crippen molar-refractivity contribution in [2.45, 2.75) is 52.1 Å². The van der Waals surface area contributed by atoms with Crippen LogP contribution in [0.3, 0.4) is 0 Å². The summed E-state index contributed by atoms with van der Waals surface area (Å²) < 4.78 is 37.6. The highest BCUT2D eigenvalue weighted by Gasteiger charge is 2.30. The smallest absolute Gasteiger partial charge is 0.372 e. The maximum Gasteiger partial charge on any atom is 0.416 e. The van der Waals surface area contributed by atoms with Crippen LogP contribution in [-0.4, -0.2) is 13.1 Å². The van der Waals surface area contributed by atoms with Gasteiger partial charge < -0.3 is 4.90 Å². The van der Waals surface area contributed by atoms with E-state index < -0.39 is 11.7 Å². The summed E-state index contributed by atoms with van der Waals surface area (Å²) in [4.78, 5) is 2.18. The molecule has 1 aromatic rings. The van der Waals surface area contributed by atoms with Crippen molar-refractivity contribution in [1.29, 1.82) is 0 Å². The number of hydrogen-bond acceptors (Lipinski definition) is 1. The van der Waals surface area contributed by atoms with Crippen molar-refractivity contribution in [2.24, 2.45) is 0 Å². The van der Waals surface area contributed by atoms with Gasteiger partial charge in [0.2, 0.25) is 0 Å². The van der Waals surface area contributed by atoms with Crippen LogP contribution in [0, 0.1) is 0 Å². The summed E-state index contributed by atoms with van der Waals surface area (Å²) in [6.45, 7) is 6.06. The summed E-state index contributed by atoms with van der Waals surface area (Å²) in [5.74, 6) is 0. The number of benzene rings is 1. The highest BCUT2D eigenvalue weighted by molar-refractivity contribution is 5.48. The molecule has 0 spiro atoms. The fraction of sp³-hybridized carbons (Fsp3) is 0.625. The molecular weight excluding hydrogens is 263 g/mol. The summed E-state index contributed by atoms with van der Waals surface area (Å²) in [6, 6.07) is 5.50. The maximum absolute atomic E-state index is 12.5. The SMILES string of the molecule is CCCCCCN(CCC)c1ccc(C(F)(F)F)cc1. The van der Waals surface area contributed by atoms with Crippen molar-refractivity contribution in [3.05, 3.63) is 29.8 Å². The van der Waals surface area contributed by atoms with Crippen molar-refractivity contribution >= 4 is 5.69 Å². The number of rotatable bonds is 8. The largest absolute Gasteiger partial charge is 0.416 e. The van der Waals surface area contributed by atoms with E-state index in [0.717, 1.165) is 31.6 Å². The molecule has 0 N–H and O–H groups in total. The molecule has 0 saturated carbocycles. The molecule has 0 amide bonds. The van der Waals surface area contributed by atoms with Gasteiger partial charge in [-0.05, 0) is 37.1 Å². The van der Waals surface area contributed by atoms with Gasteiger partial charge in [0.1, 0.15) is 0 Å². The lowest BCUT2D eigenvalue weighted by Crippen LogP contribution is -2.25. The maximum atomic E-state index is 12.5. The zero-order valence-corrected chi connectivity index (χ0v) is 12.3. The van der Waals surface area contributed by atoms with E-state index in [0.29, 0.717) is 0 Å². The first-order valence-electron chi connectivity index (χ1n) is 7.41. The predicted molar refractivity (Wildman–Crippen MR) is 78.1 cm³/mol. The second-order valence-corrected chi connectivity index (χ2v) is 5.09. The fourth-order valence-electron chi connectivity index (χ4n) is 2.23. The van der Waals surface area contributed by atoms with Crippen LogP contribution in [0.5, 0.6) is 0 Å². The predicted octanol–water partition coefficient (Wildman–Crippen LogP) is 5.50. The number of alkyl halides is 3. The molecule has 0 aliphatic carbocycles. The van der Waals surface area contributed by atoms with Gasteiger partial charge >= 0.3 is 6.18 Å².